The topological polar surface area (TPSA) is 86.5 Å². The zero-order chi connectivity index (χ0) is 29.9. The van der Waals surface area contributed by atoms with E-state index in [9.17, 15) is 10.1 Å². The van der Waals surface area contributed by atoms with E-state index in [-0.39, 0.29) is 18.1 Å². The Hall–Kier alpha value is -3.21. The molecule has 1 atom stereocenters. The van der Waals surface area contributed by atoms with Crippen molar-refractivity contribution in [3.05, 3.63) is 59.3 Å². The van der Waals surface area contributed by atoms with Crippen molar-refractivity contribution in [2.75, 3.05) is 13.1 Å². The summed E-state index contributed by atoms with van der Waals surface area (Å²) in [5.41, 5.74) is 5.76. The van der Waals surface area contributed by atoms with Gasteiger partial charge in [0, 0.05) is 31.8 Å². The van der Waals surface area contributed by atoms with Crippen LogP contribution >= 0.6 is 11.3 Å². The molecule has 0 unspecified atom stereocenters. The van der Waals surface area contributed by atoms with E-state index in [0.29, 0.717) is 17.9 Å². The van der Waals surface area contributed by atoms with Gasteiger partial charge in [0.2, 0.25) is 5.91 Å². The van der Waals surface area contributed by atoms with Crippen LogP contribution in [0.5, 0.6) is 5.75 Å². The summed E-state index contributed by atoms with van der Waals surface area (Å²) in [6, 6.07) is 14.5. The van der Waals surface area contributed by atoms with Crippen LogP contribution in [0, 0.1) is 17.2 Å². The molecule has 1 amide bonds. The van der Waals surface area contributed by atoms with Crippen LogP contribution in [0.15, 0.2) is 42.6 Å². The standard InChI is InChI=1S/C22H20N2OS.C7H13NO2.C5H12/c1-14(2)25-20-10-9-16(11-17(20)12-23)22-24-13-21(26-22)19-8-4-6-15-5-3-7-18(15)19;1-6(9)8-4-2-3-7(10)5-8;1-4-5(2)3/h4,6,8-11,13-14H,3,5,7H2,1-2H3;7,10H,2-5H2,1H3;5H,4H2,1-3H3/t;7-;/m.0./s1. The van der Waals surface area contributed by atoms with Crippen molar-refractivity contribution in [2.45, 2.75) is 92.3 Å². The number of hydrogen-bond acceptors (Lipinski definition) is 6. The zero-order valence-corrected chi connectivity index (χ0v) is 26.3. The summed E-state index contributed by atoms with van der Waals surface area (Å²) in [7, 11) is 0. The smallest absolute Gasteiger partial charge is 0.219 e. The van der Waals surface area contributed by atoms with Crippen molar-refractivity contribution in [3.63, 3.8) is 0 Å². The van der Waals surface area contributed by atoms with Crippen LogP contribution in [0.1, 0.15) is 83.9 Å². The monoisotopic (exact) mass is 575 g/mol. The Labute approximate surface area is 250 Å². The van der Waals surface area contributed by atoms with Gasteiger partial charge < -0.3 is 14.7 Å². The number of fused-ring (bicyclic) bond motifs is 1. The van der Waals surface area contributed by atoms with Crippen molar-refractivity contribution < 1.29 is 14.6 Å². The molecule has 5 rings (SSSR count). The molecule has 1 aliphatic carbocycles. The quantitative estimate of drug-likeness (QED) is 0.337. The summed E-state index contributed by atoms with van der Waals surface area (Å²) in [6.45, 7) is 13.4. The molecule has 7 heteroatoms. The molecule has 1 aliphatic heterocycles. The summed E-state index contributed by atoms with van der Waals surface area (Å²) < 4.78 is 5.71. The van der Waals surface area contributed by atoms with Gasteiger partial charge in [-0.25, -0.2) is 4.98 Å². The largest absolute Gasteiger partial charge is 0.490 e. The first kappa shape index (κ1) is 32.3. The number of carbonyl (C=O) groups is 1. The summed E-state index contributed by atoms with van der Waals surface area (Å²) in [5, 5.41) is 19.5. The molecule has 0 radical (unpaired) electrons. The van der Waals surface area contributed by atoms with Gasteiger partial charge in [0.1, 0.15) is 16.8 Å². The molecule has 1 aromatic heterocycles. The number of aromatic nitrogens is 1. The second kappa shape index (κ2) is 15.7. The summed E-state index contributed by atoms with van der Waals surface area (Å²) in [5.74, 6) is 1.58. The van der Waals surface area contributed by atoms with Crippen LogP contribution in [0.2, 0.25) is 0 Å². The number of aryl methyl sites for hydroxylation is 1. The molecule has 41 heavy (non-hydrogen) atoms. The number of nitriles is 1. The van der Waals surface area contributed by atoms with Gasteiger partial charge in [0.05, 0.1) is 22.6 Å². The molecular weight excluding hydrogens is 530 g/mol. The van der Waals surface area contributed by atoms with Gasteiger partial charge in [-0.1, -0.05) is 45.4 Å². The van der Waals surface area contributed by atoms with Crippen molar-refractivity contribution in [3.8, 4) is 32.8 Å². The first-order valence-corrected chi connectivity index (χ1v) is 15.7. The van der Waals surface area contributed by atoms with Crippen LogP contribution in [-0.2, 0) is 17.6 Å². The highest BCUT2D eigenvalue weighted by Crippen LogP contribution is 2.38. The third-order valence-electron chi connectivity index (χ3n) is 7.29. The van der Waals surface area contributed by atoms with Crippen molar-refractivity contribution in [1.29, 1.82) is 5.26 Å². The lowest BCUT2D eigenvalue weighted by atomic mass is 10.0. The Morgan fingerprint density at radius 1 is 1.20 bits per heavy atom. The number of amides is 1. The third kappa shape index (κ3) is 9.41. The predicted molar refractivity (Wildman–Crippen MR) is 168 cm³/mol. The maximum atomic E-state index is 10.8. The van der Waals surface area contributed by atoms with E-state index < -0.39 is 0 Å². The Balaban J connectivity index is 0.000000254. The molecule has 2 heterocycles. The van der Waals surface area contributed by atoms with Crippen LogP contribution in [0.3, 0.4) is 0 Å². The SMILES string of the molecule is CC(=O)N1CCC[C@H](O)C1.CC(C)Oc1ccc(-c2ncc(-c3cccc4c3CCC4)s2)cc1C#N.CCC(C)C. The first-order valence-electron chi connectivity index (χ1n) is 14.8. The number of hydrogen-bond donors (Lipinski definition) is 1. The molecule has 1 N–H and O–H groups in total. The fraction of sp³-hybridized carbons (Fsp3) is 0.500. The van der Waals surface area contributed by atoms with Gasteiger partial charge >= 0.3 is 0 Å². The number of ether oxygens (including phenoxy) is 1. The predicted octanol–water partition coefficient (Wildman–Crippen LogP) is 7.67. The van der Waals surface area contributed by atoms with Crippen molar-refractivity contribution in [2.24, 2.45) is 5.92 Å². The molecule has 0 spiro atoms. The molecule has 0 saturated carbocycles. The number of nitrogens with zero attached hydrogens (tertiary/aromatic N) is 3. The van der Waals surface area contributed by atoms with E-state index in [1.165, 1.54) is 47.8 Å². The summed E-state index contributed by atoms with van der Waals surface area (Å²) in [4.78, 5) is 18.3. The fourth-order valence-corrected chi connectivity index (χ4v) is 5.70. The third-order valence-corrected chi connectivity index (χ3v) is 8.36. The Bertz CT molecular complexity index is 1320. The molecule has 2 aromatic carbocycles. The van der Waals surface area contributed by atoms with E-state index in [4.69, 9.17) is 9.84 Å². The Morgan fingerprint density at radius 2 is 1.95 bits per heavy atom. The average Bonchev–Trinajstić information content (AvgIpc) is 3.64. The van der Waals surface area contributed by atoms with Gasteiger partial charge in [-0.05, 0) is 86.8 Å². The molecule has 220 valence electrons. The van der Waals surface area contributed by atoms with Crippen molar-refractivity contribution >= 4 is 17.2 Å². The number of carbonyl (C=O) groups excluding carboxylic acids is 1. The van der Waals surface area contributed by atoms with Crippen LogP contribution < -0.4 is 4.74 Å². The highest BCUT2D eigenvalue weighted by atomic mass is 32.1. The highest BCUT2D eigenvalue weighted by Gasteiger charge is 2.19. The average molecular weight is 576 g/mol. The van der Waals surface area contributed by atoms with Gasteiger partial charge in [-0.3, -0.25) is 4.79 Å². The number of aliphatic hydroxyl groups excluding tert-OH is 1. The minimum atomic E-state index is -0.294. The zero-order valence-electron chi connectivity index (χ0n) is 25.4. The van der Waals surface area contributed by atoms with Gasteiger partial charge in [-0.2, -0.15) is 5.26 Å². The highest BCUT2D eigenvalue weighted by molar-refractivity contribution is 7.18. The summed E-state index contributed by atoms with van der Waals surface area (Å²) >= 11 is 1.68. The number of likely N-dealkylation sites (tertiary alicyclic amines) is 1. The number of aliphatic hydroxyl groups is 1. The lowest BCUT2D eigenvalue weighted by Crippen LogP contribution is -2.40. The van der Waals surface area contributed by atoms with E-state index in [1.807, 2.05) is 38.2 Å². The van der Waals surface area contributed by atoms with Crippen LogP contribution in [0.25, 0.3) is 21.0 Å². The number of benzene rings is 2. The normalized spacial score (nSPS) is 15.8. The van der Waals surface area contributed by atoms with E-state index in [0.717, 1.165) is 42.3 Å². The van der Waals surface area contributed by atoms with Gasteiger partial charge in [0.15, 0.2) is 0 Å². The number of thiazole rings is 1. The minimum Gasteiger partial charge on any atom is -0.490 e. The van der Waals surface area contributed by atoms with Gasteiger partial charge in [0.25, 0.3) is 0 Å². The molecule has 6 nitrogen and oxygen atoms in total. The number of piperidine rings is 1. The minimum absolute atomic E-state index is 0.0413. The van der Waals surface area contributed by atoms with Crippen LogP contribution in [-0.4, -0.2) is 46.2 Å². The molecule has 2 aliphatic rings. The first-order chi connectivity index (χ1) is 19.6. The van der Waals surface area contributed by atoms with E-state index in [2.05, 4.69) is 50.0 Å². The van der Waals surface area contributed by atoms with E-state index in [1.54, 1.807) is 16.2 Å². The molecule has 0 bridgehead atoms. The lowest BCUT2D eigenvalue weighted by molar-refractivity contribution is -0.131. The second-order valence-corrected chi connectivity index (χ2v) is 12.4. The van der Waals surface area contributed by atoms with Gasteiger partial charge in [-0.15, -0.1) is 11.3 Å². The lowest BCUT2D eigenvalue weighted by Gasteiger charge is -2.28. The Kier molecular flexibility index (Phi) is 12.4. The molecule has 1 saturated heterocycles. The molecule has 1 fully saturated rings. The Morgan fingerprint density at radius 3 is 2.56 bits per heavy atom. The van der Waals surface area contributed by atoms with Crippen LogP contribution in [0.4, 0.5) is 0 Å². The second-order valence-electron chi connectivity index (χ2n) is 11.4. The number of rotatable bonds is 5. The maximum Gasteiger partial charge on any atom is 0.219 e. The molecule has 3 aromatic rings. The fourth-order valence-electron chi connectivity index (χ4n) is 4.73. The maximum absolute atomic E-state index is 10.8. The summed E-state index contributed by atoms with van der Waals surface area (Å²) in [6.07, 6.45) is 8.34. The van der Waals surface area contributed by atoms with Crippen molar-refractivity contribution in [1.82, 2.24) is 9.88 Å². The number of β-amino-alcohol motifs (C(OH)–C–C–N with tert-alkyl or cyclic N) is 1. The molecular formula is C34H45N3O3S. The van der Waals surface area contributed by atoms with E-state index >= 15 is 0 Å².